The lowest BCUT2D eigenvalue weighted by molar-refractivity contribution is -0.121. The summed E-state index contributed by atoms with van der Waals surface area (Å²) in [7, 11) is 0. The number of amides is 1. The van der Waals surface area contributed by atoms with Gasteiger partial charge in [-0.25, -0.2) is 0 Å². The fourth-order valence-corrected chi connectivity index (χ4v) is 0.241. The summed E-state index contributed by atoms with van der Waals surface area (Å²) in [6.45, 7) is 1.01. The number of hydrogen-bond donors (Lipinski definition) is 1. The number of Topliss-reactive ketones (excluding diaryl/α,β-unsaturated/α-hetero) is 1. The molecule has 0 fully saturated rings. The van der Waals surface area contributed by atoms with Gasteiger partial charge in [0.2, 0.25) is 11.7 Å². The molecule has 4 heteroatoms. The van der Waals surface area contributed by atoms with Crippen molar-refractivity contribution in [3.63, 3.8) is 0 Å². The maximum atomic E-state index is 10.1. The molecule has 0 spiro atoms. The first-order valence-electron chi connectivity index (χ1n) is 2.32. The van der Waals surface area contributed by atoms with Crippen molar-refractivity contribution < 1.29 is 14.4 Å². The third kappa shape index (κ3) is 4.67. The topological polar surface area (TPSA) is 63.2 Å². The van der Waals surface area contributed by atoms with E-state index < -0.39 is 5.78 Å². The van der Waals surface area contributed by atoms with Gasteiger partial charge in [-0.2, -0.15) is 0 Å². The molecule has 0 aromatic rings. The summed E-state index contributed by atoms with van der Waals surface area (Å²) in [5.74, 6) is -1.08. The van der Waals surface area contributed by atoms with E-state index in [0.29, 0.717) is 0 Å². The van der Waals surface area contributed by atoms with Crippen LogP contribution >= 0.6 is 0 Å². The van der Waals surface area contributed by atoms with Crippen LogP contribution in [0, 0.1) is 0 Å². The zero-order valence-electron chi connectivity index (χ0n) is 4.93. The maximum Gasteiger partial charge on any atom is 0.274 e. The molecule has 0 aliphatic rings. The van der Waals surface area contributed by atoms with Crippen molar-refractivity contribution in [3.05, 3.63) is 0 Å². The molecular formula is C5H6NO3. The van der Waals surface area contributed by atoms with Gasteiger partial charge in [0.05, 0.1) is 6.54 Å². The van der Waals surface area contributed by atoms with Crippen molar-refractivity contribution in [1.82, 2.24) is 5.32 Å². The largest absolute Gasteiger partial charge is 0.349 e. The highest BCUT2D eigenvalue weighted by Gasteiger charge is 1.98. The molecule has 4 nitrogen and oxygen atoms in total. The lowest BCUT2D eigenvalue weighted by Gasteiger charge is -1.92. The average molecular weight is 128 g/mol. The van der Waals surface area contributed by atoms with Gasteiger partial charge in [-0.05, 0) is 0 Å². The highest BCUT2D eigenvalue weighted by atomic mass is 16.2. The van der Waals surface area contributed by atoms with Crippen molar-refractivity contribution >= 4 is 18.0 Å². The van der Waals surface area contributed by atoms with Gasteiger partial charge >= 0.3 is 0 Å². The Bertz CT molecular complexity index is 141. The Balaban J connectivity index is 3.39. The zero-order chi connectivity index (χ0) is 7.28. The summed E-state index contributed by atoms with van der Waals surface area (Å²) >= 11 is 0. The molecule has 0 aromatic carbocycles. The monoisotopic (exact) mass is 128 g/mol. The number of rotatable bonds is 3. The van der Waals surface area contributed by atoms with Gasteiger partial charge in [-0.1, -0.05) is 0 Å². The molecule has 9 heavy (non-hydrogen) atoms. The average Bonchev–Trinajstić information content (AvgIpc) is 1.83. The van der Waals surface area contributed by atoms with Crippen LogP contribution in [0.4, 0.5) is 0 Å². The molecule has 0 heterocycles. The predicted molar refractivity (Wildman–Crippen MR) is 29.4 cm³/mol. The molecular weight excluding hydrogens is 122 g/mol. The Morgan fingerprint density at radius 3 is 2.44 bits per heavy atom. The lowest BCUT2D eigenvalue weighted by atomic mass is 10.4. The summed E-state index contributed by atoms with van der Waals surface area (Å²) in [6.07, 6.45) is 1.12. The fourth-order valence-electron chi connectivity index (χ4n) is 0.241. The number of carbonyl (C=O) groups excluding carboxylic acids is 3. The van der Waals surface area contributed by atoms with Crippen LogP contribution in [0.5, 0.6) is 0 Å². The van der Waals surface area contributed by atoms with Gasteiger partial charge in [0.1, 0.15) is 0 Å². The van der Waals surface area contributed by atoms with Crippen molar-refractivity contribution in [2.24, 2.45) is 0 Å². The van der Waals surface area contributed by atoms with E-state index in [1.165, 1.54) is 6.92 Å². The quantitative estimate of drug-likeness (QED) is 0.485. The van der Waals surface area contributed by atoms with Crippen molar-refractivity contribution in [2.45, 2.75) is 6.92 Å². The second kappa shape index (κ2) is 3.77. The van der Waals surface area contributed by atoms with E-state index in [2.05, 4.69) is 5.32 Å². The lowest BCUT2D eigenvalue weighted by Crippen LogP contribution is -2.27. The molecule has 0 aliphatic carbocycles. The first kappa shape index (κ1) is 7.81. The van der Waals surface area contributed by atoms with Gasteiger partial charge in [0.25, 0.3) is 6.29 Å². The van der Waals surface area contributed by atoms with Crippen LogP contribution in [0.3, 0.4) is 0 Å². The molecule has 0 saturated heterocycles. The second-order valence-corrected chi connectivity index (χ2v) is 1.43. The van der Waals surface area contributed by atoms with Crippen LogP contribution in [0.15, 0.2) is 0 Å². The minimum absolute atomic E-state index is 0.251. The highest BCUT2D eigenvalue weighted by molar-refractivity contribution is 6.26. The maximum absolute atomic E-state index is 10.1. The molecule has 0 rings (SSSR count). The van der Waals surface area contributed by atoms with E-state index in [1.54, 1.807) is 0 Å². The SMILES string of the molecule is CC(=O)NCC(=O)[C]=O. The molecule has 0 aliphatic heterocycles. The molecule has 0 aromatic heterocycles. The molecule has 0 atom stereocenters. The minimum Gasteiger partial charge on any atom is -0.349 e. The summed E-state index contributed by atoms with van der Waals surface area (Å²) in [5.41, 5.74) is 0. The van der Waals surface area contributed by atoms with Gasteiger partial charge in [-0.15, -0.1) is 0 Å². The summed E-state index contributed by atoms with van der Waals surface area (Å²) in [4.78, 5) is 29.6. The van der Waals surface area contributed by atoms with E-state index >= 15 is 0 Å². The molecule has 1 radical (unpaired) electrons. The Morgan fingerprint density at radius 1 is 1.56 bits per heavy atom. The highest BCUT2D eigenvalue weighted by Crippen LogP contribution is 1.62. The van der Waals surface area contributed by atoms with E-state index in [0.717, 1.165) is 6.29 Å². The zero-order valence-corrected chi connectivity index (χ0v) is 4.93. The smallest absolute Gasteiger partial charge is 0.274 e. The van der Waals surface area contributed by atoms with E-state index in [9.17, 15) is 14.4 Å². The van der Waals surface area contributed by atoms with Gasteiger partial charge in [0.15, 0.2) is 0 Å². The van der Waals surface area contributed by atoms with Crippen LogP contribution in [0.1, 0.15) is 6.92 Å². The van der Waals surface area contributed by atoms with Crippen LogP contribution < -0.4 is 5.32 Å². The first-order chi connectivity index (χ1) is 4.16. The third-order valence-corrected chi connectivity index (χ3v) is 0.612. The van der Waals surface area contributed by atoms with Crippen LogP contribution in [0.2, 0.25) is 0 Å². The van der Waals surface area contributed by atoms with Crippen molar-refractivity contribution in [2.75, 3.05) is 6.54 Å². The number of hydrogen-bond acceptors (Lipinski definition) is 3. The van der Waals surface area contributed by atoms with Crippen molar-refractivity contribution in [1.29, 1.82) is 0 Å². The number of ketones is 1. The Labute approximate surface area is 52.2 Å². The van der Waals surface area contributed by atoms with E-state index in [-0.39, 0.29) is 12.5 Å². The second-order valence-electron chi connectivity index (χ2n) is 1.43. The van der Waals surface area contributed by atoms with Crippen LogP contribution in [-0.2, 0) is 14.4 Å². The summed E-state index contributed by atoms with van der Waals surface area (Å²) < 4.78 is 0. The third-order valence-electron chi connectivity index (χ3n) is 0.612. The Hall–Kier alpha value is -1.19. The molecule has 0 saturated carbocycles. The molecule has 0 bridgehead atoms. The van der Waals surface area contributed by atoms with E-state index in [1.807, 2.05) is 0 Å². The fraction of sp³-hybridized carbons (Fsp3) is 0.400. The molecule has 49 valence electrons. The van der Waals surface area contributed by atoms with Gasteiger partial charge < -0.3 is 5.32 Å². The standard InChI is InChI=1S/C5H6NO3/c1-4(8)6-2-5(9)3-7/h2H2,1H3,(H,6,8). The van der Waals surface area contributed by atoms with Gasteiger partial charge in [0, 0.05) is 6.92 Å². The molecule has 0 unspecified atom stereocenters. The van der Waals surface area contributed by atoms with Crippen molar-refractivity contribution in [3.8, 4) is 0 Å². The van der Waals surface area contributed by atoms with Gasteiger partial charge in [-0.3, -0.25) is 14.4 Å². The predicted octanol–water partition coefficient (Wildman–Crippen LogP) is -1.20. The Kier molecular flexibility index (Phi) is 3.27. The molecule has 1 N–H and O–H groups in total. The number of carbonyl (C=O) groups is 2. The first-order valence-corrected chi connectivity index (χ1v) is 2.32. The number of nitrogens with one attached hydrogen (secondary N) is 1. The van der Waals surface area contributed by atoms with Crippen LogP contribution in [0.25, 0.3) is 0 Å². The normalized spacial score (nSPS) is 8.11. The summed E-state index contributed by atoms with van der Waals surface area (Å²) in [6, 6.07) is 0. The summed E-state index contributed by atoms with van der Waals surface area (Å²) in [5, 5.41) is 2.15. The van der Waals surface area contributed by atoms with Crippen LogP contribution in [-0.4, -0.2) is 24.5 Å². The van der Waals surface area contributed by atoms with E-state index in [4.69, 9.17) is 0 Å². The minimum atomic E-state index is -0.745. The molecule has 1 amide bonds. The Morgan fingerprint density at radius 2 is 2.11 bits per heavy atom.